The molecule has 0 radical (unpaired) electrons. The molecule has 1 aromatic rings. The summed E-state index contributed by atoms with van der Waals surface area (Å²) in [7, 11) is 1.57. The van der Waals surface area contributed by atoms with Crippen LogP contribution < -0.4 is 11.3 Å². The Labute approximate surface area is 107 Å². The highest BCUT2D eigenvalue weighted by Crippen LogP contribution is 2.08. The second-order valence-electron chi connectivity index (χ2n) is 3.90. The van der Waals surface area contributed by atoms with Gasteiger partial charge in [-0.3, -0.25) is 20.1 Å². The molecule has 1 heterocycles. The number of likely N-dealkylation sites (N-methyl/N-ethyl adjacent to an activating group) is 1. The van der Waals surface area contributed by atoms with Gasteiger partial charge in [-0.1, -0.05) is 6.92 Å². The summed E-state index contributed by atoms with van der Waals surface area (Å²) in [5.74, 6) is 4.95. The number of nitrogens with two attached hydrogens (primary N) is 1. The Bertz CT molecular complexity index is 358. The fourth-order valence-electron chi connectivity index (χ4n) is 1.77. The monoisotopic (exact) mass is 252 g/mol. The van der Waals surface area contributed by atoms with Gasteiger partial charge in [0.05, 0.1) is 6.61 Å². The summed E-state index contributed by atoms with van der Waals surface area (Å²) in [5.41, 5.74) is 3.27. The van der Waals surface area contributed by atoms with Crippen LogP contribution in [0, 0.1) is 0 Å². The number of carbonyl (C=O) groups excluding carboxylic acids is 1. The molecule has 0 aliphatic carbocycles. The van der Waals surface area contributed by atoms with Gasteiger partial charge in [0.2, 0.25) is 0 Å². The van der Waals surface area contributed by atoms with Crippen LogP contribution in [0.1, 0.15) is 12.5 Å². The quantitative estimate of drug-likeness (QED) is 0.403. The minimum absolute atomic E-state index is 0.243. The van der Waals surface area contributed by atoms with Crippen molar-refractivity contribution in [2.75, 3.05) is 20.3 Å². The molecule has 1 amide bonds. The highest BCUT2D eigenvalue weighted by Gasteiger charge is 2.24. The molecule has 1 atom stereocenters. The molecule has 0 aliphatic rings. The maximum atomic E-state index is 11.7. The summed E-state index contributed by atoms with van der Waals surface area (Å²) in [6.45, 7) is 3.68. The van der Waals surface area contributed by atoms with E-state index in [1.807, 2.05) is 24.0 Å². The fourth-order valence-corrected chi connectivity index (χ4v) is 1.77. The summed E-state index contributed by atoms with van der Waals surface area (Å²) in [6.07, 6.45) is 3.47. The Kier molecular flexibility index (Phi) is 6.27. The van der Waals surface area contributed by atoms with Gasteiger partial charge in [0.25, 0.3) is 5.91 Å². The van der Waals surface area contributed by atoms with Crippen molar-refractivity contribution in [3.8, 4) is 0 Å². The third-order valence-corrected chi connectivity index (χ3v) is 2.75. The van der Waals surface area contributed by atoms with Crippen LogP contribution in [0.3, 0.4) is 0 Å². The van der Waals surface area contributed by atoms with Gasteiger partial charge in [-0.2, -0.15) is 0 Å². The number of hydrogen-bond acceptors (Lipinski definition) is 5. The molecule has 0 saturated heterocycles. The minimum Gasteiger partial charge on any atom is -0.383 e. The Morgan fingerprint density at radius 3 is 2.72 bits per heavy atom. The molecule has 0 aliphatic heterocycles. The smallest absolute Gasteiger partial charge is 0.253 e. The predicted octanol–water partition coefficient (Wildman–Crippen LogP) is -0.0916. The lowest BCUT2D eigenvalue weighted by molar-refractivity contribution is -0.128. The topological polar surface area (TPSA) is 80.5 Å². The molecule has 1 unspecified atom stereocenters. The van der Waals surface area contributed by atoms with Crippen LogP contribution in [0.4, 0.5) is 0 Å². The van der Waals surface area contributed by atoms with Crippen LogP contribution in [0.5, 0.6) is 0 Å². The molecule has 3 N–H and O–H groups in total. The van der Waals surface area contributed by atoms with Crippen LogP contribution >= 0.6 is 0 Å². The number of methoxy groups -OCH3 is 1. The molecule has 100 valence electrons. The zero-order valence-corrected chi connectivity index (χ0v) is 10.8. The molecule has 1 rings (SSSR count). The van der Waals surface area contributed by atoms with Crippen molar-refractivity contribution in [1.82, 2.24) is 15.3 Å². The first-order valence-corrected chi connectivity index (χ1v) is 5.85. The zero-order chi connectivity index (χ0) is 13.4. The number of pyridine rings is 1. The molecule has 6 heteroatoms. The second kappa shape index (κ2) is 7.75. The van der Waals surface area contributed by atoms with Crippen LogP contribution in [-0.4, -0.2) is 42.1 Å². The lowest BCUT2D eigenvalue weighted by Gasteiger charge is -2.28. The van der Waals surface area contributed by atoms with Gasteiger partial charge in [-0.05, 0) is 24.2 Å². The highest BCUT2D eigenvalue weighted by atomic mass is 16.5. The van der Waals surface area contributed by atoms with E-state index in [2.05, 4.69) is 10.4 Å². The largest absolute Gasteiger partial charge is 0.383 e. The van der Waals surface area contributed by atoms with Crippen molar-refractivity contribution in [1.29, 1.82) is 0 Å². The Hall–Kier alpha value is -1.50. The van der Waals surface area contributed by atoms with E-state index >= 15 is 0 Å². The van der Waals surface area contributed by atoms with Crippen molar-refractivity contribution in [2.24, 2.45) is 5.84 Å². The number of aromatic nitrogens is 1. The van der Waals surface area contributed by atoms with Gasteiger partial charge in [0.1, 0.15) is 6.04 Å². The average Bonchev–Trinajstić information content (AvgIpc) is 2.43. The molecule has 0 saturated carbocycles. The summed E-state index contributed by atoms with van der Waals surface area (Å²) in [4.78, 5) is 17.7. The van der Waals surface area contributed by atoms with E-state index in [1.54, 1.807) is 19.5 Å². The van der Waals surface area contributed by atoms with E-state index in [4.69, 9.17) is 10.6 Å². The van der Waals surface area contributed by atoms with E-state index < -0.39 is 6.04 Å². The van der Waals surface area contributed by atoms with Crippen molar-refractivity contribution < 1.29 is 9.53 Å². The van der Waals surface area contributed by atoms with Crippen LogP contribution in [0.15, 0.2) is 24.5 Å². The minimum atomic E-state index is -0.391. The van der Waals surface area contributed by atoms with E-state index in [0.717, 1.165) is 12.1 Å². The average molecular weight is 252 g/mol. The van der Waals surface area contributed by atoms with Crippen molar-refractivity contribution in [3.63, 3.8) is 0 Å². The number of nitrogens with zero attached hydrogens (tertiary/aromatic N) is 2. The summed E-state index contributed by atoms with van der Waals surface area (Å²) < 4.78 is 5.08. The summed E-state index contributed by atoms with van der Waals surface area (Å²) >= 11 is 0. The van der Waals surface area contributed by atoms with Gasteiger partial charge < -0.3 is 4.74 Å². The zero-order valence-electron chi connectivity index (χ0n) is 10.8. The molecule has 0 bridgehead atoms. The summed E-state index contributed by atoms with van der Waals surface area (Å²) in [5, 5.41) is 0. The molecule has 1 aromatic heterocycles. The van der Waals surface area contributed by atoms with Gasteiger partial charge in [-0.25, -0.2) is 5.84 Å². The Morgan fingerprint density at radius 2 is 2.22 bits per heavy atom. The van der Waals surface area contributed by atoms with E-state index in [0.29, 0.717) is 13.2 Å². The molecular formula is C12H20N4O2. The van der Waals surface area contributed by atoms with Gasteiger partial charge >= 0.3 is 0 Å². The number of rotatable bonds is 7. The van der Waals surface area contributed by atoms with E-state index in [-0.39, 0.29) is 5.91 Å². The van der Waals surface area contributed by atoms with Gasteiger partial charge in [0, 0.05) is 26.0 Å². The standard InChI is InChI=1S/C12H20N4O2/c1-3-16(8-10-4-6-14-7-5-10)11(9-18-2)12(17)15-13/h4-7,11H,3,8-9,13H2,1-2H3,(H,15,17). The van der Waals surface area contributed by atoms with E-state index in [9.17, 15) is 4.79 Å². The first-order valence-electron chi connectivity index (χ1n) is 5.85. The highest BCUT2D eigenvalue weighted by molar-refractivity contribution is 5.81. The lowest BCUT2D eigenvalue weighted by atomic mass is 10.2. The number of nitrogens with one attached hydrogen (secondary N) is 1. The number of amides is 1. The Morgan fingerprint density at radius 1 is 1.56 bits per heavy atom. The van der Waals surface area contributed by atoms with E-state index in [1.165, 1.54) is 0 Å². The third kappa shape index (κ3) is 4.06. The van der Waals surface area contributed by atoms with Gasteiger partial charge in [0.15, 0.2) is 0 Å². The lowest BCUT2D eigenvalue weighted by Crippen LogP contribution is -2.51. The van der Waals surface area contributed by atoms with Crippen LogP contribution in [-0.2, 0) is 16.1 Å². The molecular weight excluding hydrogens is 232 g/mol. The first kappa shape index (κ1) is 14.6. The summed E-state index contributed by atoms with van der Waals surface area (Å²) in [6, 6.07) is 3.46. The SMILES string of the molecule is CCN(Cc1ccncc1)C(COC)C(=O)NN. The van der Waals surface area contributed by atoms with Gasteiger partial charge in [-0.15, -0.1) is 0 Å². The third-order valence-electron chi connectivity index (χ3n) is 2.75. The maximum absolute atomic E-state index is 11.7. The first-order chi connectivity index (χ1) is 8.72. The van der Waals surface area contributed by atoms with Crippen molar-refractivity contribution >= 4 is 5.91 Å². The fraction of sp³-hybridized carbons (Fsp3) is 0.500. The normalized spacial score (nSPS) is 12.4. The molecule has 6 nitrogen and oxygen atoms in total. The molecule has 18 heavy (non-hydrogen) atoms. The maximum Gasteiger partial charge on any atom is 0.253 e. The molecule has 0 fully saturated rings. The predicted molar refractivity (Wildman–Crippen MR) is 68.3 cm³/mol. The number of hydrazine groups is 1. The number of hydrogen-bond donors (Lipinski definition) is 2. The molecule has 0 spiro atoms. The van der Waals surface area contributed by atoms with Crippen LogP contribution in [0.2, 0.25) is 0 Å². The van der Waals surface area contributed by atoms with Crippen molar-refractivity contribution in [2.45, 2.75) is 19.5 Å². The van der Waals surface area contributed by atoms with Crippen LogP contribution in [0.25, 0.3) is 0 Å². The number of carbonyl (C=O) groups is 1. The molecule has 0 aromatic carbocycles. The van der Waals surface area contributed by atoms with Crippen molar-refractivity contribution in [3.05, 3.63) is 30.1 Å². The number of ether oxygens (including phenoxy) is 1. The Balaban J connectivity index is 2.75. The second-order valence-corrected chi connectivity index (χ2v) is 3.90.